The first-order valence-electron chi connectivity index (χ1n) is 5.95. The number of esters is 1. The number of alkyl halides is 6. The van der Waals surface area contributed by atoms with Gasteiger partial charge in [0.15, 0.2) is 0 Å². The third-order valence-corrected chi connectivity index (χ3v) is 2.70. The van der Waals surface area contributed by atoms with E-state index in [2.05, 4.69) is 14.5 Å². The fourth-order valence-corrected chi connectivity index (χ4v) is 1.91. The monoisotopic (exact) mass is 347 g/mol. The zero-order chi connectivity index (χ0) is 16.9. The summed E-state index contributed by atoms with van der Waals surface area (Å²) in [5.74, 6) is -2.48. The van der Waals surface area contributed by atoms with Crippen molar-refractivity contribution < 1.29 is 36.2 Å². The third-order valence-electron chi connectivity index (χ3n) is 2.43. The number of hydrogen-bond donors (Lipinski definition) is 0. The lowest BCUT2D eigenvalue weighted by Crippen LogP contribution is -2.21. The number of carbonyl (C=O) groups is 1. The maximum atomic E-state index is 12.8. The highest BCUT2D eigenvalue weighted by molar-refractivity contribution is 6.17. The predicted molar refractivity (Wildman–Crippen MR) is 65.8 cm³/mol. The summed E-state index contributed by atoms with van der Waals surface area (Å²) in [7, 11) is 0. The summed E-state index contributed by atoms with van der Waals surface area (Å²) in [5.41, 5.74) is -1.88. The number of carbonyl (C=O) groups excluding carboxylic acids is 1. The van der Waals surface area contributed by atoms with Gasteiger partial charge < -0.3 is 9.47 Å². The first kappa shape index (κ1) is 18.4. The Balaban J connectivity index is 3.33. The summed E-state index contributed by atoms with van der Waals surface area (Å²) in [4.78, 5) is 14.7. The Labute approximate surface area is 127 Å². The zero-order valence-corrected chi connectivity index (χ0v) is 12.0. The molecule has 0 amide bonds. The summed E-state index contributed by atoms with van der Waals surface area (Å²) in [5, 5.41) is 0. The minimum absolute atomic E-state index is 0.0131. The Bertz CT molecular complexity index is 536. The Kier molecular flexibility index (Phi) is 6.34. The SMILES string of the molecule is CCOC(=O)Cc1cnc(C(F)F)c(CCl)c1OC(F)(F)F. The lowest BCUT2D eigenvalue weighted by atomic mass is 10.1. The molecule has 0 aliphatic carbocycles. The van der Waals surface area contributed by atoms with Gasteiger partial charge in [0.05, 0.1) is 18.9 Å². The van der Waals surface area contributed by atoms with Gasteiger partial charge in [-0.25, -0.2) is 8.78 Å². The van der Waals surface area contributed by atoms with Gasteiger partial charge >= 0.3 is 12.3 Å². The zero-order valence-electron chi connectivity index (χ0n) is 11.2. The van der Waals surface area contributed by atoms with Gasteiger partial charge in [-0.2, -0.15) is 0 Å². The van der Waals surface area contributed by atoms with Crippen molar-refractivity contribution in [3.05, 3.63) is 23.0 Å². The highest BCUT2D eigenvalue weighted by Crippen LogP contribution is 2.36. The van der Waals surface area contributed by atoms with Gasteiger partial charge in [0, 0.05) is 17.3 Å². The average Bonchev–Trinajstić information content (AvgIpc) is 2.38. The molecule has 1 rings (SSSR count). The molecule has 0 unspecified atom stereocenters. The van der Waals surface area contributed by atoms with E-state index in [1.165, 1.54) is 6.92 Å². The normalized spacial score (nSPS) is 11.6. The van der Waals surface area contributed by atoms with Crippen molar-refractivity contribution in [2.75, 3.05) is 6.61 Å². The molecule has 0 spiro atoms. The van der Waals surface area contributed by atoms with Crippen molar-refractivity contribution in [2.24, 2.45) is 0 Å². The molecule has 0 aromatic carbocycles. The van der Waals surface area contributed by atoms with Crippen LogP contribution in [0.2, 0.25) is 0 Å². The molecule has 0 fully saturated rings. The van der Waals surface area contributed by atoms with Crippen molar-refractivity contribution in [1.29, 1.82) is 0 Å². The van der Waals surface area contributed by atoms with Crippen LogP contribution in [-0.2, 0) is 21.8 Å². The molecule has 10 heteroatoms. The summed E-state index contributed by atoms with van der Waals surface area (Å²) in [6.07, 6.45) is -8.17. The lowest BCUT2D eigenvalue weighted by Gasteiger charge is -2.18. The molecule has 0 saturated carbocycles. The Morgan fingerprint density at radius 1 is 1.41 bits per heavy atom. The van der Waals surface area contributed by atoms with Crippen LogP contribution < -0.4 is 4.74 Å². The number of nitrogens with zero attached hydrogens (tertiary/aromatic N) is 1. The van der Waals surface area contributed by atoms with Crippen LogP contribution in [0, 0.1) is 0 Å². The smallest absolute Gasteiger partial charge is 0.466 e. The highest BCUT2D eigenvalue weighted by Gasteiger charge is 2.35. The highest BCUT2D eigenvalue weighted by atomic mass is 35.5. The quantitative estimate of drug-likeness (QED) is 0.446. The summed E-state index contributed by atoms with van der Waals surface area (Å²) in [6.45, 7) is 1.52. The van der Waals surface area contributed by atoms with E-state index < -0.39 is 48.1 Å². The lowest BCUT2D eigenvalue weighted by molar-refractivity contribution is -0.275. The topological polar surface area (TPSA) is 48.4 Å². The molecule has 124 valence electrons. The second kappa shape index (κ2) is 7.57. The van der Waals surface area contributed by atoms with E-state index in [0.717, 1.165) is 6.20 Å². The Morgan fingerprint density at radius 2 is 2.05 bits per heavy atom. The molecule has 0 atom stereocenters. The molecular formula is C12H11ClF5NO3. The van der Waals surface area contributed by atoms with Crippen molar-refractivity contribution >= 4 is 17.6 Å². The summed E-state index contributed by atoms with van der Waals surface area (Å²) >= 11 is 5.44. The maximum Gasteiger partial charge on any atom is 0.573 e. The molecule has 0 aliphatic heterocycles. The second-order valence-electron chi connectivity index (χ2n) is 3.94. The predicted octanol–water partition coefficient (Wildman–Crippen LogP) is 3.76. The van der Waals surface area contributed by atoms with E-state index in [9.17, 15) is 26.7 Å². The fourth-order valence-electron chi connectivity index (χ4n) is 1.65. The molecule has 1 aromatic heterocycles. The molecule has 0 aliphatic rings. The Morgan fingerprint density at radius 3 is 2.50 bits per heavy atom. The van der Waals surface area contributed by atoms with Crippen LogP contribution in [0.3, 0.4) is 0 Å². The molecule has 1 heterocycles. The van der Waals surface area contributed by atoms with Crippen molar-refractivity contribution in [2.45, 2.75) is 32.0 Å². The van der Waals surface area contributed by atoms with Crippen LogP contribution in [0.4, 0.5) is 22.0 Å². The standard InChI is InChI=1S/C12H11ClF5NO3/c1-2-21-8(20)3-6-5-19-9(11(14)15)7(4-13)10(6)22-12(16,17)18/h5,11H,2-4H2,1H3. The molecule has 22 heavy (non-hydrogen) atoms. The van der Waals surface area contributed by atoms with Crippen LogP contribution in [0.5, 0.6) is 5.75 Å². The first-order valence-corrected chi connectivity index (χ1v) is 6.49. The van der Waals surface area contributed by atoms with Gasteiger partial charge in [-0.3, -0.25) is 9.78 Å². The first-order chi connectivity index (χ1) is 10.2. The number of halogens is 6. The number of aromatic nitrogens is 1. The van der Waals surface area contributed by atoms with Crippen molar-refractivity contribution in [3.63, 3.8) is 0 Å². The van der Waals surface area contributed by atoms with Crippen LogP contribution in [0.25, 0.3) is 0 Å². The second-order valence-corrected chi connectivity index (χ2v) is 4.21. The molecule has 0 radical (unpaired) electrons. The summed E-state index contributed by atoms with van der Waals surface area (Å²) in [6, 6.07) is 0. The number of hydrogen-bond acceptors (Lipinski definition) is 4. The molecule has 0 N–H and O–H groups in total. The number of ether oxygens (including phenoxy) is 2. The minimum Gasteiger partial charge on any atom is -0.466 e. The minimum atomic E-state index is -5.13. The number of pyridine rings is 1. The molecule has 1 aromatic rings. The van der Waals surface area contributed by atoms with Crippen molar-refractivity contribution in [3.8, 4) is 5.75 Å². The molecular weight excluding hydrogens is 337 g/mol. The van der Waals surface area contributed by atoms with E-state index in [1.807, 2.05) is 0 Å². The van der Waals surface area contributed by atoms with Crippen LogP contribution in [0.1, 0.15) is 30.2 Å². The third kappa shape index (κ3) is 4.97. The van der Waals surface area contributed by atoms with E-state index in [0.29, 0.717) is 0 Å². The van der Waals surface area contributed by atoms with Crippen LogP contribution >= 0.6 is 11.6 Å². The largest absolute Gasteiger partial charge is 0.573 e. The maximum absolute atomic E-state index is 12.8. The van der Waals surface area contributed by atoms with Crippen molar-refractivity contribution in [1.82, 2.24) is 4.98 Å². The fraction of sp³-hybridized carbons (Fsp3) is 0.500. The number of rotatable bonds is 6. The van der Waals surface area contributed by atoms with Gasteiger partial charge in [-0.1, -0.05) is 0 Å². The summed E-state index contributed by atoms with van der Waals surface area (Å²) < 4.78 is 71.3. The van der Waals surface area contributed by atoms with Gasteiger partial charge in [-0.05, 0) is 6.92 Å². The van der Waals surface area contributed by atoms with Crippen LogP contribution in [0.15, 0.2) is 6.20 Å². The molecule has 4 nitrogen and oxygen atoms in total. The Hall–Kier alpha value is -1.64. The van der Waals surface area contributed by atoms with Crippen LogP contribution in [-0.4, -0.2) is 23.9 Å². The van der Waals surface area contributed by atoms with Gasteiger partial charge in [0.25, 0.3) is 6.43 Å². The van der Waals surface area contributed by atoms with Gasteiger partial charge in [0.1, 0.15) is 11.4 Å². The van der Waals surface area contributed by atoms with Gasteiger partial charge in [0.2, 0.25) is 0 Å². The van der Waals surface area contributed by atoms with E-state index in [-0.39, 0.29) is 12.2 Å². The van der Waals surface area contributed by atoms with Gasteiger partial charge in [-0.15, -0.1) is 24.8 Å². The van der Waals surface area contributed by atoms with E-state index in [4.69, 9.17) is 11.6 Å². The van der Waals surface area contributed by atoms with E-state index >= 15 is 0 Å². The molecule has 0 bridgehead atoms. The van der Waals surface area contributed by atoms with E-state index in [1.54, 1.807) is 0 Å². The average molecular weight is 348 g/mol. The molecule has 0 saturated heterocycles.